The first-order chi connectivity index (χ1) is 9.95. The molecule has 112 valence electrons. The number of rotatable bonds is 5. The van der Waals surface area contributed by atoms with Gasteiger partial charge < -0.3 is 9.84 Å². The number of ether oxygens (including phenoxy) is 1. The molecule has 2 aromatic rings. The summed E-state index contributed by atoms with van der Waals surface area (Å²) in [6.45, 7) is 4.26. The summed E-state index contributed by atoms with van der Waals surface area (Å²) in [5.41, 5.74) is 0.515. The van der Waals surface area contributed by atoms with Gasteiger partial charge in [-0.2, -0.15) is 0 Å². The fourth-order valence-electron chi connectivity index (χ4n) is 2.00. The van der Waals surface area contributed by atoms with Crippen LogP contribution >= 0.6 is 0 Å². The quantitative estimate of drug-likeness (QED) is 0.920. The maximum atomic E-state index is 12.6. The third-order valence-corrected chi connectivity index (χ3v) is 4.98. The molecule has 4 nitrogen and oxygen atoms in total. The van der Waals surface area contributed by atoms with Crippen LogP contribution in [0.25, 0.3) is 0 Å². The highest BCUT2D eigenvalue weighted by atomic mass is 32.2. The van der Waals surface area contributed by atoms with Gasteiger partial charge in [0.1, 0.15) is 11.5 Å². The Morgan fingerprint density at radius 3 is 2.33 bits per heavy atom. The van der Waals surface area contributed by atoms with Gasteiger partial charge in [0, 0.05) is 0 Å². The Kier molecular flexibility index (Phi) is 4.53. The topological polar surface area (TPSA) is 63.6 Å². The van der Waals surface area contributed by atoms with Crippen molar-refractivity contribution in [2.75, 3.05) is 6.61 Å². The first-order valence-corrected chi connectivity index (χ1v) is 8.21. The van der Waals surface area contributed by atoms with E-state index in [1.54, 1.807) is 19.1 Å². The zero-order chi connectivity index (χ0) is 15.5. The molecule has 2 aromatic carbocycles. The highest BCUT2D eigenvalue weighted by Crippen LogP contribution is 2.27. The van der Waals surface area contributed by atoms with Gasteiger partial charge in [0.25, 0.3) is 0 Å². The average Bonchev–Trinajstić information content (AvgIpc) is 2.45. The number of phenols is 1. The van der Waals surface area contributed by atoms with Gasteiger partial charge in [0.05, 0.1) is 16.4 Å². The van der Waals surface area contributed by atoms with Gasteiger partial charge in [-0.25, -0.2) is 8.42 Å². The maximum absolute atomic E-state index is 12.6. The molecule has 2 rings (SSSR count). The van der Waals surface area contributed by atoms with Gasteiger partial charge >= 0.3 is 0 Å². The highest BCUT2D eigenvalue weighted by molar-refractivity contribution is 7.91. The van der Waals surface area contributed by atoms with Crippen molar-refractivity contribution in [3.63, 3.8) is 0 Å². The highest BCUT2D eigenvalue weighted by Gasteiger charge is 2.20. The van der Waals surface area contributed by atoms with Gasteiger partial charge in [0.2, 0.25) is 9.84 Å². The molecule has 0 amide bonds. The van der Waals surface area contributed by atoms with Crippen LogP contribution in [0.3, 0.4) is 0 Å². The molecule has 5 heteroatoms. The minimum Gasteiger partial charge on any atom is -0.508 e. The normalized spacial score (nSPS) is 11.3. The molecule has 0 aliphatic carbocycles. The van der Waals surface area contributed by atoms with E-state index in [-0.39, 0.29) is 15.5 Å². The molecule has 0 radical (unpaired) electrons. The van der Waals surface area contributed by atoms with E-state index < -0.39 is 9.84 Å². The monoisotopic (exact) mass is 306 g/mol. The van der Waals surface area contributed by atoms with Crippen LogP contribution in [0.5, 0.6) is 11.5 Å². The lowest BCUT2D eigenvalue weighted by molar-refractivity contribution is 0.317. The number of benzene rings is 2. The minimum absolute atomic E-state index is 0.0507. The fraction of sp³-hybridized carbons (Fsp3) is 0.250. The van der Waals surface area contributed by atoms with E-state index in [1.807, 2.05) is 6.92 Å². The van der Waals surface area contributed by atoms with Crippen LogP contribution in [0, 0.1) is 6.92 Å². The lowest BCUT2D eigenvalue weighted by Gasteiger charge is -2.09. The summed E-state index contributed by atoms with van der Waals surface area (Å²) < 4.78 is 30.6. The fourth-order valence-corrected chi connectivity index (χ4v) is 3.48. The molecule has 0 saturated heterocycles. The molecule has 0 bridgehead atoms. The summed E-state index contributed by atoms with van der Waals surface area (Å²) >= 11 is 0. The smallest absolute Gasteiger partial charge is 0.206 e. The summed E-state index contributed by atoms with van der Waals surface area (Å²) in [5, 5.41) is 9.38. The first kappa shape index (κ1) is 15.4. The summed E-state index contributed by atoms with van der Waals surface area (Å²) in [6.07, 6.45) is 0.896. The average molecular weight is 306 g/mol. The van der Waals surface area contributed by atoms with Crippen LogP contribution in [0.4, 0.5) is 0 Å². The molecule has 0 fully saturated rings. The second kappa shape index (κ2) is 6.18. The number of hydrogen-bond acceptors (Lipinski definition) is 4. The van der Waals surface area contributed by atoms with Crippen LogP contribution < -0.4 is 4.74 Å². The van der Waals surface area contributed by atoms with Crippen molar-refractivity contribution in [1.29, 1.82) is 0 Å². The predicted molar refractivity (Wildman–Crippen MR) is 80.5 cm³/mol. The molecule has 0 atom stereocenters. The van der Waals surface area contributed by atoms with Crippen LogP contribution in [-0.2, 0) is 9.84 Å². The SMILES string of the molecule is CCCOc1ccc(S(=O)(=O)c2ccc(O)cc2C)cc1. The Labute approximate surface area is 124 Å². The molecule has 0 aromatic heterocycles. The summed E-state index contributed by atoms with van der Waals surface area (Å²) in [7, 11) is -3.59. The molecule has 0 aliphatic heterocycles. The number of aromatic hydroxyl groups is 1. The molecular weight excluding hydrogens is 288 g/mol. The van der Waals surface area contributed by atoms with Crippen molar-refractivity contribution in [1.82, 2.24) is 0 Å². The van der Waals surface area contributed by atoms with Crippen LogP contribution in [0.15, 0.2) is 52.3 Å². The van der Waals surface area contributed by atoms with Crippen LogP contribution in [0.2, 0.25) is 0 Å². The Morgan fingerprint density at radius 1 is 1.10 bits per heavy atom. The molecule has 1 N–H and O–H groups in total. The van der Waals surface area contributed by atoms with Crippen molar-refractivity contribution in [2.45, 2.75) is 30.1 Å². The van der Waals surface area contributed by atoms with Crippen molar-refractivity contribution in [2.24, 2.45) is 0 Å². The molecule has 0 saturated carbocycles. The van der Waals surface area contributed by atoms with E-state index in [4.69, 9.17) is 4.74 Å². The summed E-state index contributed by atoms with van der Waals surface area (Å²) in [4.78, 5) is 0.405. The number of sulfone groups is 1. The Bertz CT molecular complexity index is 718. The second-order valence-electron chi connectivity index (χ2n) is 4.77. The Morgan fingerprint density at radius 2 is 1.76 bits per heavy atom. The van der Waals surface area contributed by atoms with Crippen molar-refractivity contribution >= 4 is 9.84 Å². The van der Waals surface area contributed by atoms with Crippen molar-refractivity contribution in [3.8, 4) is 11.5 Å². The van der Waals surface area contributed by atoms with E-state index in [9.17, 15) is 13.5 Å². The molecule has 0 spiro atoms. The maximum Gasteiger partial charge on any atom is 0.206 e. The largest absolute Gasteiger partial charge is 0.508 e. The van der Waals surface area contributed by atoms with Crippen molar-refractivity contribution < 1.29 is 18.3 Å². The molecule has 0 aliphatic rings. The van der Waals surface area contributed by atoms with Gasteiger partial charge in [-0.1, -0.05) is 6.92 Å². The predicted octanol–water partition coefficient (Wildman–Crippen LogP) is 3.32. The Hall–Kier alpha value is -2.01. The van der Waals surface area contributed by atoms with E-state index in [2.05, 4.69) is 0 Å². The molecular formula is C16H18O4S. The third kappa shape index (κ3) is 3.36. The Balaban J connectivity index is 2.35. The van der Waals surface area contributed by atoms with Gasteiger partial charge in [0.15, 0.2) is 0 Å². The van der Waals surface area contributed by atoms with Crippen molar-refractivity contribution in [3.05, 3.63) is 48.0 Å². The van der Waals surface area contributed by atoms with E-state index in [1.165, 1.54) is 30.3 Å². The van der Waals surface area contributed by atoms with E-state index in [0.29, 0.717) is 17.9 Å². The standard InChI is InChI=1S/C16H18O4S/c1-3-10-20-14-5-7-15(8-6-14)21(18,19)16-9-4-13(17)11-12(16)2/h4-9,11,17H,3,10H2,1-2H3. The number of hydrogen-bond donors (Lipinski definition) is 1. The van der Waals surface area contributed by atoms with Crippen LogP contribution in [0.1, 0.15) is 18.9 Å². The van der Waals surface area contributed by atoms with Crippen LogP contribution in [-0.4, -0.2) is 20.1 Å². The summed E-state index contributed by atoms with van der Waals surface area (Å²) in [5.74, 6) is 0.702. The van der Waals surface area contributed by atoms with Gasteiger partial charge in [-0.3, -0.25) is 0 Å². The third-order valence-electron chi connectivity index (χ3n) is 3.05. The second-order valence-corrected chi connectivity index (χ2v) is 6.69. The van der Waals surface area contributed by atoms with Gasteiger partial charge in [-0.15, -0.1) is 0 Å². The van der Waals surface area contributed by atoms with E-state index >= 15 is 0 Å². The molecule has 0 unspecified atom stereocenters. The van der Waals surface area contributed by atoms with Gasteiger partial charge in [-0.05, 0) is 61.4 Å². The number of aryl methyl sites for hydroxylation is 1. The molecule has 0 heterocycles. The zero-order valence-electron chi connectivity index (χ0n) is 12.0. The van der Waals surface area contributed by atoms with E-state index in [0.717, 1.165) is 6.42 Å². The minimum atomic E-state index is -3.59. The lowest BCUT2D eigenvalue weighted by atomic mass is 10.2. The summed E-state index contributed by atoms with van der Waals surface area (Å²) in [6, 6.07) is 10.6. The molecule has 21 heavy (non-hydrogen) atoms. The zero-order valence-corrected chi connectivity index (χ0v) is 12.9. The number of phenolic OH excluding ortho intramolecular Hbond substituents is 1. The lowest BCUT2D eigenvalue weighted by Crippen LogP contribution is -2.04. The first-order valence-electron chi connectivity index (χ1n) is 6.72.